The molecule has 0 fully saturated rings. The van der Waals surface area contributed by atoms with E-state index in [0.29, 0.717) is 29.0 Å². The number of rotatable bonds is 8. The molecule has 0 aromatic heterocycles. The fraction of sp³-hybridized carbons (Fsp3) is 0.318. The maximum Gasteiger partial charge on any atom is 0.238 e. The first-order valence-electron chi connectivity index (χ1n) is 9.53. The van der Waals surface area contributed by atoms with Crippen LogP contribution in [-0.2, 0) is 15.6 Å². The number of sulfonamides is 1. The van der Waals surface area contributed by atoms with Crippen LogP contribution in [-0.4, -0.2) is 39.0 Å². The maximum atomic E-state index is 12.2. The van der Waals surface area contributed by atoms with Crippen LogP contribution in [0.2, 0.25) is 0 Å². The summed E-state index contributed by atoms with van der Waals surface area (Å²) in [4.78, 5) is 4.60. The number of hydrogen-bond donors (Lipinski definition) is 2. The zero-order chi connectivity index (χ0) is 22.0. The van der Waals surface area contributed by atoms with Crippen LogP contribution in [0.15, 0.2) is 64.5 Å². The lowest BCUT2D eigenvalue weighted by Crippen LogP contribution is -2.55. The summed E-state index contributed by atoms with van der Waals surface area (Å²) in [6.07, 6.45) is 5.78. The van der Waals surface area contributed by atoms with Crippen LogP contribution in [0.3, 0.4) is 0 Å². The zero-order valence-electron chi connectivity index (χ0n) is 17.2. The van der Waals surface area contributed by atoms with Gasteiger partial charge in [0.2, 0.25) is 10.0 Å². The Kier molecular flexibility index (Phi) is 6.03. The van der Waals surface area contributed by atoms with E-state index < -0.39 is 27.8 Å². The molecule has 0 radical (unpaired) electrons. The number of primary sulfonamides is 1. The van der Waals surface area contributed by atoms with Crippen molar-refractivity contribution < 1.29 is 23.0 Å². The highest BCUT2D eigenvalue weighted by Gasteiger charge is 2.54. The number of methoxy groups -OCH3 is 1. The van der Waals surface area contributed by atoms with Gasteiger partial charge >= 0.3 is 0 Å². The number of ether oxygens (including phenoxy) is 2. The number of benzene rings is 2. The number of aliphatic hydroxyl groups excluding tert-OH is 1. The lowest BCUT2D eigenvalue weighted by Gasteiger charge is -2.44. The summed E-state index contributed by atoms with van der Waals surface area (Å²) in [6.45, 7) is 3.12. The Bertz CT molecular complexity index is 1080. The molecule has 160 valence electrons. The zero-order valence-corrected chi connectivity index (χ0v) is 18.0. The minimum Gasteiger partial charge on any atom is -0.493 e. The van der Waals surface area contributed by atoms with Crippen LogP contribution in [0, 0.1) is 6.92 Å². The van der Waals surface area contributed by atoms with Gasteiger partial charge in [-0.2, -0.15) is 0 Å². The molecular weight excluding hydrogens is 404 g/mol. The number of aliphatic imine (C=N–C) groups is 1. The normalized spacial score (nSPS) is 20.2. The second-order valence-corrected chi connectivity index (χ2v) is 8.71. The molecule has 0 spiro atoms. The summed E-state index contributed by atoms with van der Waals surface area (Å²) >= 11 is 0. The van der Waals surface area contributed by atoms with Gasteiger partial charge in [-0.25, -0.2) is 13.6 Å². The fourth-order valence-corrected chi connectivity index (χ4v) is 4.67. The summed E-state index contributed by atoms with van der Waals surface area (Å²) in [6, 6.07) is 11.9. The third-order valence-electron chi connectivity index (χ3n) is 5.54. The summed E-state index contributed by atoms with van der Waals surface area (Å²) in [5, 5.41) is 16.2. The van der Waals surface area contributed by atoms with Gasteiger partial charge in [0.1, 0.15) is 5.54 Å². The standard InChI is InChI=1S/C22H26N2O5S/c1-4-21(12-7-13-24-21)22(15-25,29-19-9-6-5-8-18(19)28-3)17-11-10-16(2)20(14-17)30(23,26)27/h5-14,25H,4,15H2,1-3H3,(H2,23,26,27). The third kappa shape index (κ3) is 3.62. The molecule has 2 unspecified atom stereocenters. The number of nitrogens with two attached hydrogens (primary N) is 1. The molecule has 2 aromatic carbocycles. The highest BCUT2D eigenvalue weighted by Crippen LogP contribution is 2.46. The van der Waals surface area contributed by atoms with Crippen molar-refractivity contribution in [2.24, 2.45) is 10.1 Å². The first-order chi connectivity index (χ1) is 14.2. The van der Waals surface area contributed by atoms with Crippen molar-refractivity contribution in [2.45, 2.75) is 36.3 Å². The van der Waals surface area contributed by atoms with E-state index in [1.165, 1.54) is 13.2 Å². The van der Waals surface area contributed by atoms with Gasteiger partial charge < -0.3 is 14.6 Å². The fourth-order valence-electron chi connectivity index (χ4n) is 3.86. The Hall–Kier alpha value is -2.68. The van der Waals surface area contributed by atoms with E-state index >= 15 is 0 Å². The number of nitrogens with zero attached hydrogens (tertiary/aromatic N) is 1. The predicted molar refractivity (Wildman–Crippen MR) is 116 cm³/mol. The highest BCUT2D eigenvalue weighted by atomic mass is 32.2. The van der Waals surface area contributed by atoms with Crippen LogP contribution >= 0.6 is 0 Å². The van der Waals surface area contributed by atoms with E-state index in [4.69, 9.17) is 14.6 Å². The van der Waals surface area contributed by atoms with E-state index in [9.17, 15) is 13.5 Å². The van der Waals surface area contributed by atoms with Crippen LogP contribution < -0.4 is 14.6 Å². The Balaban J connectivity index is 2.31. The van der Waals surface area contributed by atoms with Crippen molar-refractivity contribution in [1.82, 2.24) is 0 Å². The number of aliphatic hydroxyl groups is 1. The Labute approximate surface area is 176 Å². The maximum absolute atomic E-state index is 12.2. The average Bonchev–Trinajstić information content (AvgIpc) is 3.22. The third-order valence-corrected chi connectivity index (χ3v) is 6.59. The molecule has 3 rings (SSSR count). The molecule has 8 heteroatoms. The van der Waals surface area contributed by atoms with Gasteiger partial charge in [0.25, 0.3) is 0 Å². The van der Waals surface area contributed by atoms with Crippen molar-refractivity contribution >= 4 is 16.2 Å². The predicted octanol–water partition coefficient (Wildman–Crippen LogP) is 2.71. The molecule has 1 aliphatic heterocycles. The first kappa shape index (κ1) is 22.0. The van der Waals surface area contributed by atoms with E-state index in [1.54, 1.807) is 55.6 Å². The van der Waals surface area contributed by atoms with Gasteiger partial charge in [0.05, 0.1) is 18.6 Å². The van der Waals surface area contributed by atoms with Gasteiger partial charge in [-0.1, -0.05) is 37.3 Å². The topological polar surface area (TPSA) is 111 Å². The second kappa shape index (κ2) is 8.22. The molecule has 0 amide bonds. The molecule has 2 atom stereocenters. The lowest BCUT2D eigenvalue weighted by molar-refractivity contribution is -0.0437. The van der Waals surface area contributed by atoms with Gasteiger partial charge in [-0.05, 0) is 43.2 Å². The van der Waals surface area contributed by atoms with Crippen molar-refractivity contribution in [3.63, 3.8) is 0 Å². The lowest BCUT2D eigenvalue weighted by atomic mass is 9.73. The number of allylic oxidation sites excluding steroid dienone is 1. The molecule has 30 heavy (non-hydrogen) atoms. The SMILES string of the molecule is CCC1(C(CO)(Oc2ccccc2OC)c2ccc(C)c(S(N)(=O)=O)c2)C=CC=N1. The highest BCUT2D eigenvalue weighted by molar-refractivity contribution is 7.89. The Morgan fingerprint density at radius 1 is 1.20 bits per heavy atom. The number of hydrogen-bond acceptors (Lipinski definition) is 6. The molecule has 0 aliphatic carbocycles. The van der Waals surface area contributed by atoms with Crippen LogP contribution in [0.1, 0.15) is 24.5 Å². The van der Waals surface area contributed by atoms with Gasteiger partial charge in [-0.3, -0.25) is 4.99 Å². The minimum atomic E-state index is -3.98. The smallest absolute Gasteiger partial charge is 0.238 e. The molecule has 3 N–H and O–H groups in total. The number of para-hydroxylation sites is 2. The summed E-state index contributed by atoms with van der Waals surface area (Å²) in [7, 11) is -2.45. The van der Waals surface area contributed by atoms with E-state index in [1.807, 2.05) is 13.0 Å². The summed E-state index contributed by atoms with van der Waals surface area (Å²) in [5.74, 6) is 0.876. The van der Waals surface area contributed by atoms with Gasteiger partial charge in [0.15, 0.2) is 17.1 Å². The molecule has 0 saturated carbocycles. The second-order valence-electron chi connectivity index (χ2n) is 7.18. The van der Waals surface area contributed by atoms with E-state index in [0.717, 1.165) is 0 Å². The van der Waals surface area contributed by atoms with E-state index in [2.05, 4.69) is 4.99 Å². The Morgan fingerprint density at radius 2 is 1.90 bits per heavy atom. The molecule has 1 aliphatic rings. The average molecular weight is 431 g/mol. The van der Waals surface area contributed by atoms with Crippen LogP contribution in [0.4, 0.5) is 0 Å². The summed E-state index contributed by atoms with van der Waals surface area (Å²) < 4.78 is 36.2. The monoisotopic (exact) mass is 430 g/mol. The van der Waals surface area contributed by atoms with Gasteiger partial charge in [0, 0.05) is 11.8 Å². The number of aryl methyl sites for hydroxylation is 1. The minimum absolute atomic E-state index is 0.0290. The van der Waals surface area contributed by atoms with Crippen molar-refractivity contribution in [3.8, 4) is 11.5 Å². The van der Waals surface area contributed by atoms with Crippen molar-refractivity contribution in [3.05, 3.63) is 65.7 Å². The van der Waals surface area contributed by atoms with Crippen molar-refractivity contribution in [2.75, 3.05) is 13.7 Å². The Morgan fingerprint density at radius 3 is 2.43 bits per heavy atom. The molecule has 0 saturated heterocycles. The molecule has 7 nitrogen and oxygen atoms in total. The largest absolute Gasteiger partial charge is 0.493 e. The molecule has 0 bridgehead atoms. The first-order valence-corrected chi connectivity index (χ1v) is 11.1. The van der Waals surface area contributed by atoms with Crippen LogP contribution in [0.5, 0.6) is 11.5 Å². The molecular formula is C22H26N2O5S. The molecule has 1 heterocycles. The quantitative estimate of drug-likeness (QED) is 0.669. The van der Waals surface area contributed by atoms with Gasteiger partial charge in [-0.15, -0.1) is 0 Å². The van der Waals surface area contributed by atoms with Crippen LogP contribution in [0.25, 0.3) is 0 Å². The van der Waals surface area contributed by atoms with Crippen molar-refractivity contribution in [1.29, 1.82) is 0 Å². The summed E-state index contributed by atoms with van der Waals surface area (Å²) in [5.41, 5.74) is -1.45. The van der Waals surface area contributed by atoms with E-state index in [-0.39, 0.29) is 4.90 Å². The molecule has 2 aromatic rings.